The zero-order valence-corrected chi connectivity index (χ0v) is 11.1. The van der Waals surface area contributed by atoms with Crippen LogP contribution in [-0.4, -0.2) is 41.8 Å². The van der Waals surface area contributed by atoms with Gasteiger partial charge >= 0.3 is 12.1 Å². The van der Waals surface area contributed by atoms with Gasteiger partial charge in [0.25, 0.3) is 0 Å². The van der Waals surface area contributed by atoms with Gasteiger partial charge in [-0.1, -0.05) is 24.8 Å². The lowest BCUT2D eigenvalue weighted by molar-refractivity contribution is 0.0696. The second-order valence-corrected chi connectivity index (χ2v) is 4.08. The number of rotatable bonds is 7. The molecule has 1 rings (SSSR count). The van der Waals surface area contributed by atoms with E-state index < -0.39 is 12.1 Å². The van der Waals surface area contributed by atoms with Crippen molar-refractivity contribution in [2.24, 2.45) is 5.73 Å². The number of carboxylic acid groups (broad SMARTS) is 1. The number of hydrogen-bond acceptors (Lipinski definition) is 4. The Morgan fingerprint density at radius 2 is 2.00 bits per heavy atom. The molecule has 0 spiro atoms. The van der Waals surface area contributed by atoms with Crippen LogP contribution in [0.4, 0.5) is 4.79 Å². The fourth-order valence-corrected chi connectivity index (χ4v) is 1.59. The molecule has 1 aromatic rings. The van der Waals surface area contributed by atoms with Crippen LogP contribution in [0, 0.1) is 0 Å². The van der Waals surface area contributed by atoms with Crippen molar-refractivity contribution in [3.8, 4) is 0 Å². The molecule has 0 atom stereocenters. The molecule has 0 aliphatic rings. The van der Waals surface area contributed by atoms with Gasteiger partial charge in [-0.15, -0.1) is 0 Å². The quantitative estimate of drug-likeness (QED) is 0.737. The summed E-state index contributed by atoms with van der Waals surface area (Å²) in [5.74, 6) is -0.985. The van der Waals surface area contributed by atoms with Crippen LogP contribution in [0.2, 0.25) is 0 Å². The number of nitrogens with zero attached hydrogens (tertiary/aromatic N) is 1. The lowest BCUT2D eigenvalue weighted by atomic mass is 10.1. The first kappa shape index (κ1) is 15.7. The highest BCUT2D eigenvalue weighted by molar-refractivity contribution is 5.87. The standard InChI is InChI=1S/C14H18N2O4/c1-2-9-20-14(19)16(8-7-15)10-11-3-5-12(6-4-11)13(17)18/h2-6H,1,7-10,15H2,(H,17,18). The van der Waals surface area contributed by atoms with Crippen molar-refractivity contribution >= 4 is 12.1 Å². The molecular formula is C14H18N2O4. The van der Waals surface area contributed by atoms with Crippen LogP contribution in [0.15, 0.2) is 36.9 Å². The SMILES string of the molecule is C=CCOC(=O)N(CCN)Cc1ccc(C(=O)O)cc1. The summed E-state index contributed by atoms with van der Waals surface area (Å²) in [4.78, 5) is 24.0. The highest BCUT2D eigenvalue weighted by Gasteiger charge is 2.14. The highest BCUT2D eigenvalue weighted by Crippen LogP contribution is 2.08. The molecule has 0 fully saturated rings. The first-order valence-corrected chi connectivity index (χ1v) is 6.13. The van der Waals surface area contributed by atoms with Gasteiger partial charge in [-0.2, -0.15) is 0 Å². The van der Waals surface area contributed by atoms with Gasteiger partial charge < -0.3 is 20.5 Å². The van der Waals surface area contributed by atoms with Crippen molar-refractivity contribution in [2.75, 3.05) is 19.7 Å². The molecule has 0 saturated carbocycles. The molecule has 0 bridgehead atoms. The summed E-state index contributed by atoms with van der Waals surface area (Å²) in [6.45, 7) is 4.60. The molecule has 1 aromatic carbocycles. The molecule has 0 saturated heterocycles. The number of carbonyl (C=O) groups is 2. The number of amides is 1. The average Bonchev–Trinajstić information content (AvgIpc) is 2.44. The van der Waals surface area contributed by atoms with Gasteiger partial charge in [0, 0.05) is 19.6 Å². The van der Waals surface area contributed by atoms with E-state index in [1.54, 1.807) is 12.1 Å². The van der Waals surface area contributed by atoms with Crippen molar-refractivity contribution in [1.29, 1.82) is 0 Å². The van der Waals surface area contributed by atoms with Crippen molar-refractivity contribution in [3.63, 3.8) is 0 Å². The molecule has 0 heterocycles. The number of benzene rings is 1. The van der Waals surface area contributed by atoms with Crippen molar-refractivity contribution in [3.05, 3.63) is 48.0 Å². The summed E-state index contributed by atoms with van der Waals surface area (Å²) in [5.41, 5.74) is 6.47. The first-order chi connectivity index (χ1) is 9.58. The van der Waals surface area contributed by atoms with E-state index in [1.807, 2.05) is 0 Å². The Morgan fingerprint density at radius 3 is 2.50 bits per heavy atom. The van der Waals surface area contributed by atoms with E-state index in [2.05, 4.69) is 6.58 Å². The van der Waals surface area contributed by atoms with Gasteiger partial charge in [0.1, 0.15) is 6.61 Å². The second-order valence-electron chi connectivity index (χ2n) is 4.08. The minimum Gasteiger partial charge on any atom is -0.478 e. The number of aromatic carboxylic acids is 1. The molecule has 1 amide bonds. The van der Waals surface area contributed by atoms with Crippen molar-refractivity contribution in [1.82, 2.24) is 4.90 Å². The zero-order chi connectivity index (χ0) is 15.0. The number of ether oxygens (including phenoxy) is 1. The average molecular weight is 278 g/mol. The maximum atomic E-state index is 11.8. The van der Waals surface area contributed by atoms with E-state index in [-0.39, 0.29) is 12.2 Å². The number of nitrogens with two attached hydrogens (primary N) is 1. The number of hydrogen-bond donors (Lipinski definition) is 2. The monoisotopic (exact) mass is 278 g/mol. The van der Waals surface area contributed by atoms with Crippen molar-refractivity contribution < 1.29 is 19.4 Å². The predicted molar refractivity (Wildman–Crippen MR) is 74.4 cm³/mol. The second kappa shape index (κ2) is 7.96. The van der Waals surface area contributed by atoms with Gasteiger partial charge in [0.2, 0.25) is 0 Å². The zero-order valence-electron chi connectivity index (χ0n) is 11.1. The van der Waals surface area contributed by atoms with Crippen LogP contribution in [0.5, 0.6) is 0 Å². The Bertz CT molecular complexity index is 471. The van der Waals surface area contributed by atoms with Gasteiger partial charge in [0.15, 0.2) is 0 Å². The molecule has 3 N–H and O–H groups in total. The molecule has 0 unspecified atom stereocenters. The maximum absolute atomic E-state index is 11.8. The lowest BCUT2D eigenvalue weighted by Crippen LogP contribution is -2.35. The van der Waals surface area contributed by atoms with E-state index in [9.17, 15) is 9.59 Å². The van der Waals surface area contributed by atoms with Gasteiger partial charge in [0.05, 0.1) is 5.56 Å². The third-order valence-corrected chi connectivity index (χ3v) is 2.56. The lowest BCUT2D eigenvalue weighted by Gasteiger charge is -2.21. The molecule has 108 valence electrons. The fraction of sp³-hybridized carbons (Fsp3) is 0.286. The Balaban J connectivity index is 2.71. The van der Waals surface area contributed by atoms with E-state index in [1.165, 1.54) is 23.1 Å². The van der Waals surface area contributed by atoms with Gasteiger partial charge in [-0.05, 0) is 17.7 Å². The molecule has 0 aromatic heterocycles. The molecular weight excluding hydrogens is 260 g/mol. The first-order valence-electron chi connectivity index (χ1n) is 6.13. The van der Waals surface area contributed by atoms with Crippen LogP contribution >= 0.6 is 0 Å². The Hall–Kier alpha value is -2.34. The molecule has 6 heteroatoms. The molecule has 0 aliphatic heterocycles. The van der Waals surface area contributed by atoms with Gasteiger partial charge in [-0.3, -0.25) is 0 Å². The van der Waals surface area contributed by atoms with Crippen LogP contribution < -0.4 is 5.73 Å². The summed E-state index contributed by atoms with van der Waals surface area (Å²) in [5, 5.41) is 8.82. The van der Waals surface area contributed by atoms with Crippen LogP contribution in [0.25, 0.3) is 0 Å². The topological polar surface area (TPSA) is 92.9 Å². The molecule has 6 nitrogen and oxygen atoms in total. The molecule has 0 aliphatic carbocycles. The van der Waals surface area contributed by atoms with Crippen molar-refractivity contribution in [2.45, 2.75) is 6.54 Å². The third kappa shape index (κ3) is 4.74. The van der Waals surface area contributed by atoms with Crippen LogP contribution in [0.3, 0.4) is 0 Å². The number of carbonyl (C=O) groups excluding carboxylic acids is 1. The normalized spacial score (nSPS) is 9.85. The molecule has 0 radical (unpaired) electrons. The number of carboxylic acids is 1. The summed E-state index contributed by atoms with van der Waals surface area (Å²) in [7, 11) is 0. The third-order valence-electron chi connectivity index (χ3n) is 2.56. The minimum absolute atomic E-state index is 0.137. The van der Waals surface area contributed by atoms with Crippen LogP contribution in [-0.2, 0) is 11.3 Å². The van der Waals surface area contributed by atoms with E-state index >= 15 is 0 Å². The predicted octanol–water partition coefficient (Wildman–Crippen LogP) is 1.47. The Kier molecular flexibility index (Phi) is 6.25. The van der Waals surface area contributed by atoms with E-state index in [4.69, 9.17) is 15.6 Å². The molecule has 20 heavy (non-hydrogen) atoms. The summed E-state index contributed by atoms with van der Waals surface area (Å²) < 4.78 is 4.96. The maximum Gasteiger partial charge on any atom is 0.410 e. The highest BCUT2D eigenvalue weighted by atomic mass is 16.6. The summed E-state index contributed by atoms with van der Waals surface area (Å²) in [6.07, 6.45) is 1.01. The Labute approximate surface area is 117 Å². The van der Waals surface area contributed by atoms with E-state index in [0.717, 1.165) is 5.56 Å². The summed E-state index contributed by atoms with van der Waals surface area (Å²) in [6, 6.07) is 6.31. The van der Waals surface area contributed by atoms with E-state index in [0.29, 0.717) is 19.6 Å². The van der Waals surface area contributed by atoms with Gasteiger partial charge in [-0.25, -0.2) is 9.59 Å². The minimum atomic E-state index is -0.985. The fourth-order valence-electron chi connectivity index (χ4n) is 1.59. The summed E-state index contributed by atoms with van der Waals surface area (Å²) >= 11 is 0. The van der Waals surface area contributed by atoms with Crippen LogP contribution in [0.1, 0.15) is 15.9 Å². The largest absolute Gasteiger partial charge is 0.478 e. The smallest absolute Gasteiger partial charge is 0.410 e. The Morgan fingerprint density at radius 1 is 1.35 bits per heavy atom.